The first kappa shape index (κ1) is 11.5. The lowest BCUT2D eigenvalue weighted by molar-refractivity contribution is 0.386. The van der Waals surface area contributed by atoms with Crippen LogP contribution in [0.3, 0.4) is 0 Å². The molecule has 0 radical (unpaired) electrons. The van der Waals surface area contributed by atoms with Gasteiger partial charge in [-0.1, -0.05) is 13.8 Å². The highest BCUT2D eigenvalue weighted by atomic mass is 14.9. The average molecular weight is 194 g/mol. The van der Waals surface area contributed by atoms with Crippen LogP contribution in [0, 0.1) is 22.7 Å². The second kappa shape index (κ2) is 4.79. The van der Waals surface area contributed by atoms with Gasteiger partial charge >= 0.3 is 0 Å². The van der Waals surface area contributed by atoms with Crippen molar-refractivity contribution in [2.45, 2.75) is 52.5 Å². The Morgan fingerprint density at radius 3 is 2.43 bits per heavy atom. The van der Waals surface area contributed by atoms with Crippen molar-refractivity contribution in [2.75, 3.05) is 6.54 Å². The van der Waals surface area contributed by atoms with Gasteiger partial charge in [0, 0.05) is 19.0 Å². The molecule has 1 rings (SSSR count). The highest BCUT2D eigenvalue weighted by Gasteiger charge is 2.42. The van der Waals surface area contributed by atoms with E-state index < -0.39 is 0 Å². The first-order valence-corrected chi connectivity index (χ1v) is 5.68. The van der Waals surface area contributed by atoms with Crippen molar-refractivity contribution in [3.8, 4) is 6.07 Å². The van der Waals surface area contributed by atoms with Crippen LogP contribution in [0.25, 0.3) is 0 Å². The smallest absolute Gasteiger partial charge is 0.0628 e. The van der Waals surface area contributed by atoms with Crippen LogP contribution >= 0.6 is 0 Å². The summed E-state index contributed by atoms with van der Waals surface area (Å²) in [5.41, 5.74) is 0.347. The molecule has 0 bridgehead atoms. The van der Waals surface area contributed by atoms with E-state index in [0.29, 0.717) is 11.5 Å². The zero-order valence-electron chi connectivity index (χ0n) is 9.64. The molecule has 0 aliphatic heterocycles. The Balaban J connectivity index is 2.17. The molecule has 1 aliphatic rings. The maximum Gasteiger partial charge on any atom is 0.0628 e. The third-order valence-electron chi connectivity index (χ3n) is 3.06. The maximum absolute atomic E-state index is 8.67. The van der Waals surface area contributed by atoms with Crippen LogP contribution in [0.2, 0.25) is 0 Å². The molecule has 0 spiro atoms. The first-order valence-electron chi connectivity index (χ1n) is 5.68. The highest BCUT2D eigenvalue weighted by molar-refractivity contribution is 5.00. The van der Waals surface area contributed by atoms with Gasteiger partial charge in [0.05, 0.1) is 6.07 Å². The number of nitriles is 1. The largest absolute Gasteiger partial charge is 0.314 e. The van der Waals surface area contributed by atoms with E-state index in [0.717, 1.165) is 18.9 Å². The summed E-state index contributed by atoms with van der Waals surface area (Å²) >= 11 is 0. The molecule has 1 saturated carbocycles. The predicted molar refractivity (Wildman–Crippen MR) is 58.8 cm³/mol. The van der Waals surface area contributed by atoms with Crippen LogP contribution in [0.15, 0.2) is 0 Å². The minimum absolute atomic E-state index is 0.347. The van der Waals surface area contributed by atoms with E-state index in [1.807, 2.05) is 0 Å². The van der Waals surface area contributed by atoms with Gasteiger partial charge in [0.1, 0.15) is 0 Å². The lowest BCUT2D eigenvalue weighted by Gasteiger charge is -2.19. The van der Waals surface area contributed by atoms with Gasteiger partial charge in [-0.15, -0.1) is 0 Å². The van der Waals surface area contributed by atoms with Crippen LogP contribution in [-0.2, 0) is 0 Å². The monoisotopic (exact) mass is 194 g/mol. The molecule has 0 aromatic carbocycles. The highest BCUT2D eigenvalue weighted by Crippen LogP contribution is 2.47. The molecule has 1 atom stereocenters. The van der Waals surface area contributed by atoms with Gasteiger partial charge in [-0.05, 0) is 37.5 Å². The maximum atomic E-state index is 8.67. The molecular formula is C12H22N2. The molecule has 80 valence electrons. The molecule has 0 aromatic rings. The number of hydrogen-bond donors (Lipinski definition) is 1. The van der Waals surface area contributed by atoms with Crippen LogP contribution < -0.4 is 5.32 Å². The SMILES string of the molecule is CC(C)CC(C)NCC1(CC#N)CC1. The van der Waals surface area contributed by atoms with Crippen molar-refractivity contribution < 1.29 is 0 Å². The van der Waals surface area contributed by atoms with Crippen molar-refractivity contribution in [3.05, 3.63) is 0 Å². The lowest BCUT2D eigenvalue weighted by Crippen LogP contribution is -2.32. The minimum Gasteiger partial charge on any atom is -0.314 e. The fourth-order valence-corrected chi connectivity index (χ4v) is 1.94. The van der Waals surface area contributed by atoms with Gasteiger partial charge in [0.25, 0.3) is 0 Å². The van der Waals surface area contributed by atoms with E-state index in [1.165, 1.54) is 19.3 Å². The minimum atomic E-state index is 0.347. The summed E-state index contributed by atoms with van der Waals surface area (Å²) in [5.74, 6) is 0.753. The van der Waals surface area contributed by atoms with Gasteiger partial charge < -0.3 is 5.32 Å². The van der Waals surface area contributed by atoms with Crippen LogP contribution in [0.4, 0.5) is 0 Å². The Hall–Kier alpha value is -0.550. The van der Waals surface area contributed by atoms with Crippen molar-refractivity contribution in [3.63, 3.8) is 0 Å². The van der Waals surface area contributed by atoms with Gasteiger partial charge in [0.15, 0.2) is 0 Å². The van der Waals surface area contributed by atoms with E-state index in [2.05, 4.69) is 32.2 Å². The lowest BCUT2D eigenvalue weighted by atomic mass is 10.0. The van der Waals surface area contributed by atoms with Crippen molar-refractivity contribution >= 4 is 0 Å². The van der Waals surface area contributed by atoms with E-state index in [-0.39, 0.29) is 0 Å². The molecule has 0 saturated heterocycles. The molecule has 1 fully saturated rings. The van der Waals surface area contributed by atoms with Gasteiger partial charge in [-0.25, -0.2) is 0 Å². The van der Waals surface area contributed by atoms with E-state index in [4.69, 9.17) is 5.26 Å². The number of hydrogen-bond acceptors (Lipinski definition) is 2. The van der Waals surface area contributed by atoms with Gasteiger partial charge in [0.2, 0.25) is 0 Å². The summed E-state index contributed by atoms with van der Waals surface area (Å²) in [6, 6.07) is 2.88. The summed E-state index contributed by atoms with van der Waals surface area (Å²) in [5, 5.41) is 12.2. The third kappa shape index (κ3) is 3.67. The fourth-order valence-electron chi connectivity index (χ4n) is 1.94. The van der Waals surface area contributed by atoms with Gasteiger partial charge in [-0.2, -0.15) is 5.26 Å². The topological polar surface area (TPSA) is 35.8 Å². The number of rotatable bonds is 6. The number of nitrogens with zero attached hydrogens (tertiary/aromatic N) is 1. The Kier molecular flexibility index (Phi) is 3.95. The fraction of sp³-hybridized carbons (Fsp3) is 0.917. The average Bonchev–Trinajstić information content (AvgIpc) is 2.82. The third-order valence-corrected chi connectivity index (χ3v) is 3.06. The predicted octanol–water partition coefficient (Wildman–Crippen LogP) is 2.70. The first-order chi connectivity index (χ1) is 6.58. The standard InChI is InChI=1S/C12H22N2/c1-10(2)8-11(3)14-9-12(4-5-12)6-7-13/h10-11,14H,4-6,8-9H2,1-3H3. The Morgan fingerprint density at radius 2 is 2.00 bits per heavy atom. The molecule has 2 heteroatoms. The summed E-state index contributed by atoms with van der Waals surface area (Å²) in [4.78, 5) is 0. The summed E-state index contributed by atoms with van der Waals surface area (Å²) in [7, 11) is 0. The number of nitrogens with one attached hydrogen (secondary N) is 1. The quantitative estimate of drug-likeness (QED) is 0.705. The summed E-state index contributed by atoms with van der Waals surface area (Å²) in [6.45, 7) is 7.78. The second-order valence-corrected chi connectivity index (χ2v) is 5.25. The molecule has 2 nitrogen and oxygen atoms in total. The van der Waals surface area contributed by atoms with Crippen LogP contribution in [-0.4, -0.2) is 12.6 Å². The van der Waals surface area contributed by atoms with Crippen molar-refractivity contribution in [2.24, 2.45) is 11.3 Å². The normalized spacial score (nSPS) is 20.5. The Morgan fingerprint density at radius 1 is 1.36 bits per heavy atom. The second-order valence-electron chi connectivity index (χ2n) is 5.25. The molecule has 1 unspecified atom stereocenters. The van der Waals surface area contributed by atoms with E-state index >= 15 is 0 Å². The molecule has 1 N–H and O–H groups in total. The Labute approximate surface area is 87.7 Å². The molecule has 0 heterocycles. The van der Waals surface area contributed by atoms with Crippen LogP contribution in [0.1, 0.15) is 46.5 Å². The van der Waals surface area contributed by atoms with Crippen molar-refractivity contribution in [1.29, 1.82) is 5.26 Å². The zero-order chi connectivity index (χ0) is 10.6. The molecule has 14 heavy (non-hydrogen) atoms. The van der Waals surface area contributed by atoms with Crippen molar-refractivity contribution in [1.82, 2.24) is 5.32 Å². The summed E-state index contributed by atoms with van der Waals surface area (Å²) < 4.78 is 0. The summed E-state index contributed by atoms with van der Waals surface area (Å²) in [6.07, 6.45) is 4.43. The van der Waals surface area contributed by atoms with E-state index in [1.54, 1.807) is 0 Å². The molecule has 1 aliphatic carbocycles. The molecule has 0 aromatic heterocycles. The molecular weight excluding hydrogens is 172 g/mol. The van der Waals surface area contributed by atoms with Gasteiger partial charge in [-0.3, -0.25) is 0 Å². The van der Waals surface area contributed by atoms with E-state index in [9.17, 15) is 0 Å². The molecule has 0 amide bonds. The van der Waals surface area contributed by atoms with Crippen LogP contribution in [0.5, 0.6) is 0 Å². The Bertz CT molecular complexity index is 211. The zero-order valence-corrected chi connectivity index (χ0v) is 9.64.